The van der Waals surface area contributed by atoms with Crippen LogP contribution in [0.4, 0.5) is 0 Å². The molecule has 2 N–H and O–H groups in total. The maximum Gasteiger partial charge on any atom is 0.122 e. The van der Waals surface area contributed by atoms with Gasteiger partial charge in [-0.25, -0.2) is 0 Å². The van der Waals surface area contributed by atoms with Gasteiger partial charge in [0.1, 0.15) is 5.75 Å². The molecule has 0 aliphatic heterocycles. The molecule has 2 heteroatoms. The van der Waals surface area contributed by atoms with E-state index in [2.05, 4.69) is 43.3 Å². The van der Waals surface area contributed by atoms with E-state index >= 15 is 0 Å². The topological polar surface area (TPSA) is 35.2 Å². The fourth-order valence-corrected chi connectivity index (χ4v) is 4.39. The molecule has 0 fully saturated rings. The van der Waals surface area contributed by atoms with Gasteiger partial charge in [0.2, 0.25) is 0 Å². The van der Waals surface area contributed by atoms with Gasteiger partial charge >= 0.3 is 0 Å². The number of aryl methyl sites for hydroxylation is 2. The number of ether oxygens (including phenoxy) is 1. The number of rotatable bonds is 8. The van der Waals surface area contributed by atoms with Crippen molar-refractivity contribution in [2.24, 2.45) is 11.7 Å². The fourth-order valence-electron chi connectivity index (χ4n) is 4.39. The van der Waals surface area contributed by atoms with E-state index in [1.807, 2.05) is 6.07 Å². The van der Waals surface area contributed by atoms with Crippen LogP contribution in [0.3, 0.4) is 0 Å². The first-order valence-electron chi connectivity index (χ1n) is 10.2. The molecule has 1 aliphatic carbocycles. The Morgan fingerprint density at radius 3 is 2.77 bits per heavy atom. The number of hydrogen-bond acceptors (Lipinski definition) is 2. The number of hydrogen-bond donors (Lipinski definition) is 1. The van der Waals surface area contributed by atoms with E-state index in [9.17, 15) is 0 Å². The normalized spacial score (nSPS) is 17.6. The van der Waals surface area contributed by atoms with Crippen molar-refractivity contribution in [3.05, 3.63) is 64.7 Å². The largest absolute Gasteiger partial charge is 0.496 e. The van der Waals surface area contributed by atoms with Crippen LogP contribution in [-0.2, 0) is 19.3 Å². The van der Waals surface area contributed by atoms with Crippen molar-refractivity contribution >= 4 is 0 Å². The molecule has 26 heavy (non-hydrogen) atoms. The van der Waals surface area contributed by atoms with Crippen molar-refractivity contribution in [3.63, 3.8) is 0 Å². The second-order valence-corrected chi connectivity index (χ2v) is 7.71. The number of fused-ring (bicyclic) bond motifs is 1. The molecule has 0 amide bonds. The summed E-state index contributed by atoms with van der Waals surface area (Å²) in [4.78, 5) is 0. The maximum atomic E-state index is 6.00. The number of benzene rings is 2. The molecule has 140 valence electrons. The molecule has 2 atom stereocenters. The van der Waals surface area contributed by atoms with Crippen molar-refractivity contribution < 1.29 is 4.74 Å². The van der Waals surface area contributed by atoms with E-state index in [4.69, 9.17) is 10.5 Å². The van der Waals surface area contributed by atoms with E-state index in [0.717, 1.165) is 24.6 Å². The Labute approximate surface area is 158 Å². The van der Waals surface area contributed by atoms with Crippen molar-refractivity contribution in [3.8, 4) is 5.75 Å². The highest BCUT2D eigenvalue weighted by atomic mass is 16.5. The highest BCUT2D eigenvalue weighted by molar-refractivity contribution is 5.36. The molecule has 0 heterocycles. The third kappa shape index (κ3) is 4.48. The number of methoxy groups -OCH3 is 1. The number of nitrogens with two attached hydrogens (primary N) is 1. The first-order valence-corrected chi connectivity index (χ1v) is 10.2. The van der Waals surface area contributed by atoms with Gasteiger partial charge in [0.25, 0.3) is 0 Å². The second-order valence-electron chi connectivity index (χ2n) is 7.71. The van der Waals surface area contributed by atoms with E-state index in [0.29, 0.717) is 5.92 Å². The Hall–Kier alpha value is -1.80. The highest BCUT2D eigenvalue weighted by Crippen LogP contribution is 2.32. The predicted molar refractivity (Wildman–Crippen MR) is 110 cm³/mol. The Balaban J connectivity index is 1.63. The van der Waals surface area contributed by atoms with Crippen LogP contribution >= 0.6 is 0 Å². The summed E-state index contributed by atoms with van der Waals surface area (Å²) < 4.78 is 5.50. The first-order chi connectivity index (χ1) is 12.7. The maximum absolute atomic E-state index is 6.00. The summed E-state index contributed by atoms with van der Waals surface area (Å²) >= 11 is 0. The molecule has 0 saturated heterocycles. The summed E-state index contributed by atoms with van der Waals surface area (Å²) in [6, 6.07) is 15.6. The van der Waals surface area contributed by atoms with Gasteiger partial charge in [0.05, 0.1) is 7.11 Å². The van der Waals surface area contributed by atoms with Crippen molar-refractivity contribution in [1.29, 1.82) is 0 Å². The van der Waals surface area contributed by atoms with E-state index in [-0.39, 0.29) is 0 Å². The molecule has 0 saturated carbocycles. The average Bonchev–Trinajstić information content (AvgIpc) is 2.70. The van der Waals surface area contributed by atoms with Gasteiger partial charge in [0.15, 0.2) is 0 Å². The summed E-state index contributed by atoms with van der Waals surface area (Å²) in [5.74, 6) is 2.32. The van der Waals surface area contributed by atoms with Gasteiger partial charge in [-0.3, -0.25) is 0 Å². The van der Waals surface area contributed by atoms with Crippen LogP contribution in [-0.4, -0.2) is 13.7 Å². The molecule has 0 bridgehead atoms. The molecule has 1 aliphatic rings. The quantitative estimate of drug-likeness (QED) is 0.702. The molecule has 2 aromatic carbocycles. The van der Waals surface area contributed by atoms with Crippen LogP contribution in [0.1, 0.15) is 60.8 Å². The lowest BCUT2D eigenvalue weighted by Crippen LogP contribution is -2.17. The molecular formula is C24H33NO. The van der Waals surface area contributed by atoms with Crippen LogP contribution in [0.2, 0.25) is 0 Å². The van der Waals surface area contributed by atoms with Crippen LogP contribution in [0.15, 0.2) is 42.5 Å². The monoisotopic (exact) mass is 351 g/mol. The molecule has 3 rings (SSSR count). The minimum Gasteiger partial charge on any atom is -0.496 e. The molecular weight excluding hydrogens is 318 g/mol. The van der Waals surface area contributed by atoms with Crippen LogP contribution in [0, 0.1) is 5.92 Å². The van der Waals surface area contributed by atoms with Crippen molar-refractivity contribution in [2.75, 3.05) is 13.7 Å². The summed E-state index contributed by atoms with van der Waals surface area (Å²) in [5, 5.41) is 0. The SMILES string of the molecule is CCCC(CN)c1ccc2c(c1)CC[C@H](CCc1ccccc1OC)C2. The van der Waals surface area contributed by atoms with Gasteiger partial charge < -0.3 is 10.5 Å². The highest BCUT2D eigenvalue weighted by Gasteiger charge is 2.20. The molecule has 2 nitrogen and oxygen atoms in total. The zero-order chi connectivity index (χ0) is 18.4. The molecule has 0 aromatic heterocycles. The van der Waals surface area contributed by atoms with Gasteiger partial charge in [-0.05, 0) is 85.2 Å². The van der Waals surface area contributed by atoms with Crippen LogP contribution in [0.5, 0.6) is 5.75 Å². The predicted octanol–water partition coefficient (Wildman–Crippen LogP) is 5.28. The smallest absolute Gasteiger partial charge is 0.122 e. The van der Waals surface area contributed by atoms with Gasteiger partial charge in [-0.1, -0.05) is 49.7 Å². The van der Waals surface area contributed by atoms with Crippen molar-refractivity contribution in [2.45, 2.75) is 57.8 Å². The van der Waals surface area contributed by atoms with Gasteiger partial charge in [0, 0.05) is 0 Å². The third-order valence-corrected chi connectivity index (χ3v) is 5.97. The fraction of sp³-hybridized carbons (Fsp3) is 0.500. The average molecular weight is 352 g/mol. The lowest BCUT2D eigenvalue weighted by molar-refractivity contribution is 0.398. The molecule has 2 aromatic rings. The molecule has 0 spiro atoms. The zero-order valence-electron chi connectivity index (χ0n) is 16.3. The Bertz CT molecular complexity index is 709. The minimum absolute atomic E-state index is 0.522. The Kier molecular flexibility index (Phi) is 6.73. The molecule has 1 unspecified atom stereocenters. The van der Waals surface area contributed by atoms with Crippen LogP contribution in [0.25, 0.3) is 0 Å². The standard InChI is InChI=1S/C24H33NO/c1-3-6-23(17-25)22-14-13-20-15-18(10-12-21(20)16-22)9-11-19-7-4-5-8-24(19)26-2/h4-5,7-8,13-14,16,18,23H,3,6,9-12,15,17,25H2,1-2H3/t18-,23?/m0/s1. The Morgan fingerprint density at radius 1 is 1.15 bits per heavy atom. The van der Waals surface area contributed by atoms with E-state index in [1.165, 1.54) is 49.7 Å². The summed E-state index contributed by atoms with van der Waals surface area (Å²) in [5.41, 5.74) is 11.9. The van der Waals surface area contributed by atoms with Gasteiger partial charge in [-0.2, -0.15) is 0 Å². The lowest BCUT2D eigenvalue weighted by atomic mass is 9.79. The summed E-state index contributed by atoms with van der Waals surface area (Å²) in [7, 11) is 1.76. The third-order valence-electron chi connectivity index (χ3n) is 5.97. The van der Waals surface area contributed by atoms with E-state index < -0.39 is 0 Å². The van der Waals surface area contributed by atoms with Gasteiger partial charge in [-0.15, -0.1) is 0 Å². The minimum atomic E-state index is 0.522. The lowest BCUT2D eigenvalue weighted by Gasteiger charge is -2.26. The van der Waals surface area contributed by atoms with E-state index in [1.54, 1.807) is 18.2 Å². The first kappa shape index (κ1) is 19.0. The second kappa shape index (κ2) is 9.23. The zero-order valence-corrected chi connectivity index (χ0v) is 16.3. The summed E-state index contributed by atoms with van der Waals surface area (Å²) in [6.45, 7) is 3.00. The van der Waals surface area contributed by atoms with Crippen molar-refractivity contribution in [1.82, 2.24) is 0 Å². The number of para-hydroxylation sites is 1. The summed E-state index contributed by atoms with van der Waals surface area (Å²) in [6.07, 6.45) is 8.46. The Morgan fingerprint density at radius 2 is 2.00 bits per heavy atom. The molecule has 0 radical (unpaired) electrons. The van der Waals surface area contributed by atoms with Crippen LogP contribution < -0.4 is 10.5 Å².